The summed E-state index contributed by atoms with van der Waals surface area (Å²) in [5, 5.41) is 3.91. The zero-order valence-corrected chi connectivity index (χ0v) is 10.6. The lowest BCUT2D eigenvalue weighted by atomic mass is 9.97. The Hall–Kier alpha value is -0.0800. The number of hydrogen-bond donors (Lipinski definition) is 1. The van der Waals surface area contributed by atoms with Gasteiger partial charge in [0.15, 0.2) is 0 Å². The smallest absolute Gasteiger partial charge is 0.0111 e. The minimum absolute atomic E-state index is 0.839. The number of nitrogens with one attached hydrogen (secondary N) is 1. The van der Waals surface area contributed by atoms with Crippen LogP contribution in [-0.4, -0.2) is 36.1 Å². The predicted octanol–water partition coefficient (Wildman–Crippen LogP) is 2.39. The summed E-state index contributed by atoms with van der Waals surface area (Å²) in [4.78, 5) is 2.72. The number of fused-ring (bicyclic) bond motifs is 1. The van der Waals surface area contributed by atoms with Crippen LogP contribution in [0.2, 0.25) is 0 Å². The molecule has 2 nitrogen and oxygen atoms in total. The van der Waals surface area contributed by atoms with Crippen LogP contribution in [0, 0.1) is 5.92 Å². The molecule has 92 valence electrons. The Labute approximate surface area is 99.8 Å². The molecule has 0 bridgehead atoms. The average molecular weight is 222 g/mol. The Kier molecular flexibility index (Phi) is 3.21. The van der Waals surface area contributed by atoms with Crippen molar-refractivity contribution >= 4 is 0 Å². The van der Waals surface area contributed by atoms with E-state index in [9.17, 15) is 0 Å². The van der Waals surface area contributed by atoms with Crippen molar-refractivity contribution in [2.45, 2.75) is 70.0 Å². The van der Waals surface area contributed by atoms with Crippen LogP contribution >= 0.6 is 0 Å². The molecule has 16 heavy (non-hydrogen) atoms. The summed E-state index contributed by atoms with van der Waals surface area (Å²) < 4.78 is 0. The third-order valence-corrected chi connectivity index (χ3v) is 4.85. The Morgan fingerprint density at radius 2 is 2.12 bits per heavy atom. The van der Waals surface area contributed by atoms with Crippen LogP contribution < -0.4 is 5.32 Å². The molecule has 0 radical (unpaired) electrons. The Morgan fingerprint density at radius 1 is 1.19 bits per heavy atom. The average Bonchev–Trinajstić information content (AvgIpc) is 2.85. The molecular formula is C14H26N2. The molecule has 0 aromatic rings. The number of piperidine rings is 1. The van der Waals surface area contributed by atoms with E-state index >= 15 is 0 Å². The van der Waals surface area contributed by atoms with Gasteiger partial charge < -0.3 is 10.2 Å². The molecule has 3 fully saturated rings. The lowest BCUT2D eigenvalue weighted by Gasteiger charge is -2.35. The second-order valence-corrected chi connectivity index (χ2v) is 6.11. The summed E-state index contributed by atoms with van der Waals surface area (Å²) >= 11 is 0. The fourth-order valence-corrected chi connectivity index (χ4v) is 3.82. The van der Waals surface area contributed by atoms with Crippen LogP contribution in [0.25, 0.3) is 0 Å². The number of rotatable bonds is 4. The van der Waals surface area contributed by atoms with Crippen molar-refractivity contribution in [3.05, 3.63) is 0 Å². The van der Waals surface area contributed by atoms with Crippen LogP contribution in [0.3, 0.4) is 0 Å². The van der Waals surface area contributed by atoms with Gasteiger partial charge in [-0.2, -0.15) is 0 Å². The van der Waals surface area contributed by atoms with Gasteiger partial charge in [0.1, 0.15) is 0 Å². The predicted molar refractivity (Wildman–Crippen MR) is 67.6 cm³/mol. The maximum atomic E-state index is 3.91. The van der Waals surface area contributed by atoms with Gasteiger partial charge in [0.05, 0.1) is 0 Å². The molecule has 0 spiro atoms. The fourth-order valence-electron chi connectivity index (χ4n) is 3.82. The summed E-state index contributed by atoms with van der Waals surface area (Å²) in [5.74, 6) is 1.02. The van der Waals surface area contributed by atoms with Crippen molar-refractivity contribution in [3.63, 3.8) is 0 Å². The van der Waals surface area contributed by atoms with E-state index in [0.717, 1.165) is 24.0 Å². The number of hydrogen-bond acceptors (Lipinski definition) is 2. The first-order chi connectivity index (χ1) is 7.86. The van der Waals surface area contributed by atoms with E-state index in [-0.39, 0.29) is 0 Å². The van der Waals surface area contributed by atoms with Crippen molar-refractivity contribution < 1.29 is 0 Å². The quantitative estimate of drug-likeness (QED) is 0.786. The molecule has 1 aliphatic carbocycles. The normalized spacial score (nSPS) is 43.3. The van der Waals surface area contributed by atoms with Crippen LogP contribution in [0.15, 0.2) is 0 Å². The van der Waals surface area contributed by atoms with Gasteiger partial charge in [-0.25, -0.2) is 0 Å². The van der Waals surface area contributed by atoms with Crippen molar-refractivity contribution in [2.24, 2.45) is 5.92 Å². The van der Waals surface area contributed by atoms with Gasteiger partial charge in [-0.1, -0.05) is 13.3 Å². The molecule has 4 unspecified atom stereocenters. The Bertz CT molecular complexity index is 241. The first-order valence-corrected chi connectivity index (χ1v) is 7.37. The summed E-state index contributed by atoms with van der Waals surface area (Å²) in [5.41, 5.74) is 0. The molecule has 2 heterocycles. The minimum atomic E-state index is 0.839. The fraction of sp³-hybridized carbons (Fsp3) is 1.00. The lowest BCUT2D eigenvalue weighted by Crippen LogP contribution is -2.46. The summed E-state index contributed by atoms with van der Waals surface area (Å²) in [7, 11) is 0. The first-order valence-electron chi connectivity index (χ1n) is 7.37. The molecular weight excluding hydrogens is 196 g/mol. The SMILES string of the molecule is CCCC1CC1NC1CCN2CCCC2C1. The van der Waals surface area contributed by atoms with E-state index < -0.39 is 0 Å². The minimum Gasteiger partial charge on any atom is -0.311 e. The summed E-state index contributed by atoms with van der Waals surface area (Å²) in [6, 6.07) is 2.65. The van der Waals surface area contributed by atoms with Gasteiger partial charge in [-0.15, -0.1) is 0 Å². The van der Waals surface area contributed by atoms with Crippen LogP contribution in [0.1, 0.15) is 51.9 Å². The van der Waals surface area contributed by atoms with E-state index in [1.807, 2.05) is 0 Å². The van der Waals surface area contributed by atoms with Crippen LogP contribution in [0.4, 0.5) is 0 Å². The Balaban J connectivity index is 1.43. The van der Waals surface area contributed by atoms with Crippen molar-refractivity contribution in [3.8, 4) is 0 Å². The third kappa shape index (κ3) is 2.28. The van der Waals surface area contributed by atoms with E-state index in [1.165, 1.54) is 58.0 Å². The molecule has 3 aliphatic rings. The standard InChI is InChI=1S/C14H26N2/c1-2-4-11-9-14(11)15-12-6-8-16-7-3-5-13(16)10-12/h11-15H,2-10H2,1H3. The second-order valence-electron chi connectivity index (χ2n) is 6.11. The van der Waals surface area contributed by atoms with Gasteiger partial charge in [-0.3, -0.25) is 0 Å². The molecule has 2 heteroatoms. The molecule has 4 atom stereocenters. The maximum Gasteiger partial charge on any atom is 0.0111 e. The highest BCUT2D eigenvalue weighted by molar-refractivity contribution is 4.97. The molecule has 3 rings (SSSR count). The van der Waals surface area contributed by atoms with E-state index in [1.54, 1.807) is 0 Å². The topological polar surface area (TPSA) is 15.3 Å². The highest BCUT2D eigenvalue weighted by Gasteiger charge is 2.39. The van der Waals surface area contributed by atoms with Crippen molar-refractivity contribution in [1.82, 2.24) is 10.2 Å². The van der Waals surface area contributed by atoms with Crippen molar-refractivity contribution in [2.75, 3.05) is 13.1 Å². The molecule has 1 saturated carbocycles. The summed E-state index contributed by atoms with van der Waals surface area (Å²) in [6.45, 7) is 5.04. The van der Waals surface area contributed by atoms with Gasteiger partial charge in [0, 0.05) is 18.1 Å². The van der Waals surface area contributed by atoms with Crippen LogP contribution in [-0.2, 0) is 0 Å². The maximum absolute atomic E-state index is 3.91. The summed E-state index contributed by atoms with van der Waals surface area (Å²) in [6.07, 6.45) is 9.99. The Morgan fingerprint density at radius 3 is 3.00 bits per heavy atom. The van der Waals surface area contributed by atoms with Gasteiger partial charge >= 0.3 is 0 Å². The van der Waals surface area contributed by atoms with E-state index in [2.05, 4.69) is 17.1 Å². The second kappa shape index (κ2) is 4.66. The van der Waals surface area contributed by atoms with Crippen molar-refractivity contribution in [1.29, 1.82) is 0 Å². The molecule has 2 saturated heterocycles. The lowest BCUT2D eigenvalue weighted by molar-refractivity contribution is 0.165. The molecule has 2 aliphatic heterocycles. The molecule has 0 aromatic heterocycles. The van der Waals surface area contributed by atoms with Gasteiger partial charge in [0.2, 0.25) is 0 Å². The zero-order chi connectivity index (χ0) is 11.0. The zero-order valence-electron chi connectivity index (χ0n) is 10.6. The monoisotopic (exact) mass is 222 g/mol. The third-order valence-electron chi connectivity index (χ3n) is 4.85. The highest BCUT2D eigenvalue weighted by Crippen LogP contribution is 2.36. The van der Waals surface area contributed by atoms with Crippen LogP contribution in [0.5, 0.6) is 0 Å². The highest BCUT2D eigenvalue weighted by atomic mass is 15.2. The van der Waals surface area contributed by atoms with E-state index in [4.69, 9.17) is 0 Å². The number of nitrogens with zero attached hydrogens (tertiary/aromatic N) is 1. The first kappa shape index (κ1) is 11.0. The molecule has 0 amide bonds. The largest absolute Gasteiger partial charge is 0.311 e. The van der Waals surface area contributed by atoms with E-state index in [0.29, 0.717) is 0 Å². The van der Waals surface area contributed by atoms with Gasteiger partial charge in [0.25, 0.3) is 0 Å². The van der Waals surface area contributed by atoms with Gasteiger partial charge in [-0.05, 0) is 57.5 Å². The molecule has 1 N–H and O–H groups in total. The molecule has 0 aromatic carbocycles.